The molecule has 24 heavy (non-hydrogen) atoms. The lowest BCUT2D eigenvalue weighted by molar-refractivity contribution is 0.102. The molecule has 0 aliphatic heterocycles. The SMILES string of the molecule is O=C(Nc1nc2cc(F)c(F)cc2s1)c1cc(F)c(F)c(F)c1F. The lowest BCUT2D eigenvalue weighted by atomic mass is 10.1. The van der Waals surface area contributed by atoms with E-state index < -0.39 is 46.4 Å². The molecule has 2 aromatic carbocycles. The number of aromatic nitrogens is 1. The predicted molar refractivity (Wildman–Crippen MR) is 73.8 cm³/mol. The molecule has 1 heterocycles. The van der Waals surface area contributed by atoms with Gasteiger partial charge in [-0.15, -0.1) is 0 Å². The number of hydrogen-bond donors (Lipinski definition) is 1. The van der Waals surface area contributed by atoms with Crippen molar-refractivity contribution in [3.05, 3.63) is 58.7 Å². The van der Waals surface area contributed by atoms with Gasteiger partial charge in [-0.2, -0.15) is 0 Å². The summed E-state index contributed by atoms with van der Waals surface area (Å²) in [6.07, 6.45) is 0. The molecule has 0 aliphatic rings. The smallest absolute Gasteiger partial charge is 0.260 e. The number of anilines is 1. The average Bonchev–Trinajstić information content (AvgIpc) is 2.90. The fraction of sp³-hybridized carbons (Fsp3) is 0. The molecular weight excluding hydrogens is 358 g/mol. The van der Waals surface area contributed by atoms with E-state index in [4.69, 9.17) is 0 Å². The van der Waals surface area contributed by atoms with Crippen LogP contribution in [0.15, 0.2) is 18.2 Å². The first-order valence-electron chi connectivity index (χ1n) is 6.18. The maximum atomic E-state index is 13.5. The second kappa shape index (κ2) is 5.78. The standard InChI is InChI=1S/C14H4F6N2OS/c15-5-2-8-9(3-6(5)16)24-14(21-8)22-13(23)4-1-7(17)11(19)12(20)10(4)18/h1-3H,(H,21,22,23). The molecule has 1 N–H and O–H groups in total. The van der Waals surface area contributed by atoms with Gasteiger partial charge in [-0.05, 0) is 12.1 Å². The van der Waals surface area contributed by atoms with Gasteiger partial charge in [0, 0.05) is 6.07 Å². The van der Waals surface area contributed by atoms with Gasteiger partial charge in [0.2, 0.25) is 0 Å². The van der Waals surface area contributed by atoms with Crippen LogP contribution in [0.5, 0.6) is 0 Å². The molecule has 0 radical (unpaired) electrons. The topological polar surface area (TPSA) is 42.0 Å². The van der Waals surface area contributed by atoms with Gasteiger partial charge in [-0.3, -0.25) is 10.1 Å². The maximum absolute atomic E-state index is 13.5. The Morgan fingerprint density at radius 2 is 1.54 bits per heavy atom. The Balaban J connectivity index is 1.96. The van der Waals surface area contributed by atoms with E-state index in [0.717, 1.165) is 23.5 Å². The van der Waals surface area contributed by atoms with Gasteiger partial charge in [0.1, 0.15) is 0 Å². The molecule has 3 nitrogen and oxygen atoms in total. The van der Waals surface area contributed by atoms with E-state index in [1.807, 2.05) is 5.32 Å². The van der Waals surface area contributed by atoms with Crippen LogP contribution in [0.1, 0.15) is 10.4 Å². The molecule has 0 atom stereocenters. The monoisotopic (exact) mass is 362 g/mol. The van der Waals surface area contributed by atoms with Gasteiger partial charge in [0.15, 0.2) is 40.0 Å². The van der Waals surface area contributed by atoms with Crippen molar-refractivity contribution in [2.75, 3.05) is 5.32 Å². The summed E-state index contributed by atoms with van der Waals surface area (Å²) in [5.41, 5.74) is -1.06. The molecule has 3 rings (SSSR count). The van der Waals surface area contributed by atoms with Crippen molar-refractivity contribution in [3.8, 4) is 0 Å². The Morgan fingerprint density at radius 1 is 0.875 bits per heavy atom. The fourth-order valence-electron chi connectivity index (χ4n) is 1.88. The number of thiazole rings is 1. The maximum Gasteiger partial charge on any atom is 0.260 e. The highest BCUT2D eigenvalue weighted by Gasteiger charge is 2.23. The second-order valence-electron chi connectivity index (χ2n) is 4.56. The van der Waals surface area contributed by atoms with Crippen molar-refractivity contribution in [1.82, 2.24) is 4.98 Å². The minimum atomic E-state index is -2.13. The summed E-state index contributed by atoms with van der Waals surface area (Å²) in [6, 6.07) is 1.82. The van der Waals surface area contributed by atoms with Crippen LogP contribution < -0.4 is 5.32 Å². The number of amides is 1. The average molecular weight is 362 g/mol. The van der Waals surface area contributed by atoms with E-state index in [2.05, 4.69) is 4.98 Å². The fourth-order valence-corrected chi connectivity index (χ4v) is 2.75. The van der Waals surface area contributed by atoms with E-state index >= 15 is 0 Å². The number of benzene rings is 2. The first-order valence-corrected chi connectivity index (χ1v) is 6.99. The molecule has 0 fully saturated rings. The van der Waals surface area contributed by atoms with Crippen LogP contribution in [0.2, 0.25) is 0 Å². The third kappa shape index (κ3) is 2.68. The number of carbonyl (C=O) groups is 1. The summed E-state index contributed by atoms with van der Waals surface area (Å²) in [5, 5.41) is 1.84. The Morgan fingerprint density at radius 3 is 2.25 bits per heavy atom. The molecular formula is C14H4F6N2OS. The molecule has 0 saturated carbocycles. The zero-order valence-corrected chi connectivity index (χ0v) is 12.1. The molecule has 0 bridgehead atoms. The van der Waals surface area contributed by atoms with Crippen molar-refractivity contribution in [3.63, 3.8) is 0 Å². The highest BCUT2D eigenvalue weighted by atomic mass is 32.1. The Bertz CT molecular complexity index is 948. The molecule has 0 saturated heterocycles. The molecule has 3 aromatic rings. The van der Waals surface area contributed by atoms with E-state index in [0.29, 0.717) is 0 Å². The molecule has 0 unspecified atom stereocenters. The van der Waals surface area contributed by atoms with E-state index in [1.54, 1.807) is 0 Å². The van der Waals surface area contributed by atoms with Gasteiger partial charge >= 0.3 is 0 Å². The summed E-state index contributed by atoms with van der Waals surface area (Å²) in [6.45, 7) is 0. The predicted octanol–water partition coefficient (Wildman–Crippen LogP) is 4.38. The van der Waals surface area contributed by atoms with Crippen LogP contribution in [-0.2, 0) is 0 Å². The number of fused-ring (bicyclic) bond motifs is 1. The minimum Gasteiger partial charge on any atom is -0.298 e. The zero-order chi connectivity index (χ0) is 17.6. The quantitative estimate of drug-likeness (QED) is 0.418. The summed E-state index contributed by atoms with van der Waals surface area (Å²) < 4.78 is 79.1. The summed E-state index contributed by atoms with van der Waals surface area (Å²) >= 11 is 0.727. The van der Waals surface area contributed by atoms with E-state index in [1.165, 1.54) is 0 Å². The largest absolute Gasteiger partial charge is 0.298 e. The minimum absolute atomic E-state index is 0.0196. The highest BCUT2D eigenvalue weighted by molar-refractivity contribution is 7.22. The van der Waals surface area contributed by atoms with Crippen LogP contribution in [0, 0.1) is 34.9 Å². The van der Waals surface area contributed by atoms with Crippen LogP contribution in [0.3, 0.4) is 0 Å². The second-order valence-corrected chi connectivity index (χ2v) is 5.59. The van der Waals surface area contributed by atoms with Crippen LogP contribution >= 0.6 is 11.3 Å². The number of rotatable bonds is 2. The third-order valence-corrected chi connectivity index (χ3v) is 3.93. The summed E-state index contributed by atoms with van der Waals surface area (Å²) in [4.78, 5) is 15.6. The number of nitrogens with zero attached hydrogens (tertiary/aromatic N) is 1. The van der Waals surface area contributed by atoms with E-state index in [-0.39, 0.29) is 21.4 Å². The molecule has 124 valence electrons. The summed E-state index contributed by atoms with van der Waals surface area (Å²) in [7, 11) is 0. The van der Waals surface area contributed by atoms with Crippen molar-refractivity contribution in [2.45, 2.75) is 0 Å². The van der Waals surface area contributed by atoms with Crippen LogP contribution in [-0.4, -0.2) is 10.9 Å². The Hall–Kier alpha value is -2.62. The Labute approximate surface area is 133 Å². The first-order chi connectivity index (χ1) is 11.3. The van der Waals surface area contributed by atoms with Crippen molar-refractivity contribution in [2.24, 2.45) is 0 Å². The molecule has 0 aliphatic carbocycles. The van der Waals surface area contributed by atoms with Crippen molar-refractivity contribution >= 4 is 32.6 Å². The van der Waals surface area contributed by atoms with Crippen LogP contribution in [0.4, 0.5) is 31.5 Å². The molecule has 0 spiro atoms. The lowest BCUT2D eigenvalue weighted by Gasteiger charge is -2.05. The molecule has 10 heteroatoms. The number of nitrogens with one attached hydrogen (secondary N) is 1. The zero-order valence-electron chi connectivity index (χ0n) is 11.3. The van der Waals surface area contributed by atoms with Crippen LogP contribution in [0.25, 0.3) is 10.2 Å². The Kier molecular flexibility index (Phi) is 3.91. The third-order valence-electron chi connectivity index (χ3n) is 3.00. The van der Waals surface area contributed by atoms with Gasteiger partial charge in [0.25, 0.3) is 5.91 Å². The highest BCUT2D eigenvalue weighted by Crippen LogP contribution is 2.28. The number of halogens is 6. The normalized spacial score (nSPS) is 11.1. The lowest BCUT2D eigenvalue weighted by Crippen LogP contribution is -2.16. The van der Waals surface area contributed by atoms with Gasteiger partial charge in [-0.1, -0.05) is 11.3 Å². The van der Waals surface area contributed by atoms with E-state index in [9.17, 15) is 31.1 Å². The molecule has 1 aromatic heterocycles. The number of hydrogen-bond acceptors (Lipinski definition) is 3. The summed E-state index contributed by atoms with van der Waals surface area (Å²) in [5.74, 6) is -11.4. The first kappa shape index (κ1) is 16.2. The van der Waals surface area contributed by atoms with Gasteiger partial charge in [0.05, 0.1) is 15.8 Å². The van der Waals surface area contributed by atoms with Crippen molar-refractivity contribution in [1.29, 1.82) is 0 Å². The van der Waals surface area contributed by atoms with Gasteiger partial charge in [-0.25, -0.2) is 31.3 Å². The van der Waals surface area contributed by atoms with Gasteiger partial charge < -0.3 is 0 Å². The van der Waals surface area contributed by atoms with Crippen molar-refractivity contribution < 1.29 is 31.1 Å². The number of carbonyl (C=O) groups excluding carboxylic acids is 1. The molecule has 1 amide bonds.